The molecule has 0 unspecified atom stereocenters. The number of nitriles is 1. The van der Waals surface area contributed by atoms with Crippen molar-refractivity contribution in [2.24, 2.45) is 5.41 Å². The average Bonchev–Trinajstić information content (AvgIpc) is 2.35. The Morgan fingerprint density at radius 2 is 2.06 bits per heavy atom. The second-order valence-electron chi connectivity index (χ2n) is 5.10. The summed E-state index contributed by atoms with van der Waals surface area (Å²) in [5, 5.41) is 19.0. The lowest BCUT2D eigenvalue weighted by molar-refractivity contribution is -0.00267. The van der Waals surface area contributed by atoms with Gasteiger partial charge in [-0.2, -0.15) is 5.26 Å². The highest BCUT2D eigenvalue weighted by molar-refractivity contribution is 5.13. The molecule has 3 heteroatoms. The molecule has 0 amide bonds. The molecule has 1 aromatic rings. The van der Waals surface area contributed by atoms with Gasteiger partial charge in [0.1, 0.15) is 0 Å². The van der Waals surface area contributed by atoms with Crippen molar-refractivity contribution in [1.82, 2.24) is 0 Å². The summed E-state index contributed by atoms with van der Waals surface area (Å²) < 4.78 is 5.48. The molecule has 0 heterocycles. The fraction of sp³-hybridized carbons (Fsp3) is 0.533. The Labute approximate surface area is 108 Å². The summed E-state index contributed by atoms with van der Waals surface area (Å²) in [6.45, 7) is 0.815. The third kappa shape index (κ3) is 3.32. The van der Waals surface area contributed by atoms with Crippen molar-refractivity contribution in [2.75, 3.05) is 6.61 Å². The first-order valence-electron chi connectivity index (χ1n) is 6.45. The number of aliphatic hydroxyl groups excluding tert-OH is 1. The largest absolute Gasteiger partial charge is 0.391 e. The number of rotatable bonds is 6. The molecule has 0 bridgehead atoms. The number of ether oxygens (including phenoxy) is 1. The molecule has 1 aliphatic rings. The highest BCUT2D eigenvalue weighted by atomic mass is 16.5. The highest BCUT2D eigenvalue weighted by Gasteiger charge is 2.38. The van der Waals surface area contributed by atoms with E-state index in [0.717, 1.165) is 24.8 Å². The molecule has 1 saturated carbocycles. The first kappa shape index (κ1) is 13.1. The molecule has 2 rings (SSSR count). The lowest BCUT2D eigenvalue weighted by Gasteiger charge is -2.36. The molecular weight excluding hydrogens is 226 g/mol. The Bertz CT molecular complexity index is 406. The Morgan fingerprint density at radius 1 is 1.33 bits per heavy atom. The standard InChI is InChI=1S/C15H19NO2/c16-12-15(7-4-8-15)9-14(17)11-18-10-13-5-2-1-3-6-13/h1-3,5-6,14,17H,4,7-11H2/t14-/m1/s1. The van der Waals surface area contributed by atoms with Crippen LogP contribution in [0.1, 0.15) is 31.2 Å². The summed E-state index contributed by atoms with van der Waals surface area (Å²) in [6.07, 6.45) is 2.94. The minimum Gasteiger partial charge on any atom is -0.391 e. The van der Waals surface area contributed by atoms with Gasteiger partial charge in [-0.3, -0.25) is 0 Å². The molecule has 18 heavy (non-hydrogen) atoms. The molecule has 1 N–H and O–H groups in total. The first-order valence-corrected chi connectivity index (χ1v) is 6.45. The molecule has 1 aromatic carbocycles. The topological polar surface area (TPSA) is 53.2 Å². The van der Waals surface area contributed by atoms with Gasteiger partial charge in [-0.1, -0.05) is 36.8 Å². The zero-order valence-corrected chi connectivity index (χ0v) is 10.5. The monoisotopic (exact) mass is 245 g/mol. The van der Waals surface area contributed by atoms with E-state index in [9.17, 15) is 5.11 Å². The fourth-order valence-corrected chi connectivity index (χ4v) is 2.36. The van der Waals surface area contributed by atoms with Crippen LogP contribution in [-0.2, 0) is 11.3 Å². The molecule has 0 radical (unpaired) electrons. The van der Waals surface area contributed by atoms with E-state index < -0.39 is 6.10 Å². The first-order chi connectivity index (χ1) is 8.74. The Morgan fingerprint density at radius 3 is 2.61 bits per heavy atom. The molecule has 1 fully saturated rings. The zero-order valence-electron chi connectivity index (χ0n) is 10.5. The van der Waals surface area contributed by atoms with Gasteiger partial charge in [-0.15, -0.1) is 0 Å². The van der Waals surface area contributed by atoms with Gasteiger partial charge >= 0.3 is 0 Å². The van der Waals surface area contributed by atoms with Gasteiger partial charge in [0.25, 0.3) is 0 Å². The predicted molar refractivity (Wildman–Crippen MR) is 68.6 cm³/mol. The zero-order chi connectivity index (χ0) is 12.8. The van der Waals surface area contributed by atoms with Crippen molar-refractivity contribution in [3.8, 4) is 6.07 Å². The fourth-order valence-electron chi connectivity index (χ4n) is 2.36. The Hall–Kier alpha value is -1.37. The maximum Gasteiger partial charge on any atom is 0.0789 e. The molecule has 96 valence electrons. The van der Waals surface area contributed by atoms with E-state index in [4.69, 9.17) is 10.00 Å². The number of benzene rings is 1. The van der Waals surface area contributed by atoms with E-state index in [1.165, 1.54) is 0 Å². The van der Waals surface area contributed by atoms with E-state index in [1.54, 1.807) is 0 Å². The van der Waals surface area contributed by atoms with Gasteiger partial charge < -0.3 is 9.84 Å². The van der Waals surface area contributed by atoms with Gasteiger partial charge in [0.05, 0.1) is 30.8 Å². The van der Waals surface area contributed by atoms with Crippen molar-refractivity contribution >= 4 is 0 Å². The lowest BCUT2D eigenvalue weighted by atomic mass is 9.67. The van der Waals surface area contributed by atoms with Crippen LogP contribution in [0.25, 0.3) is 0 Å². The van der Waals surface area contributed by atoms with Crippen LogP contribution in [0.15, 0.2) is 30.3 Å². The van der Waals surface area contributed by atoms with Crippen molar-refractivity contribution < 1.29 is 9.84 Å². The number of nitrogens with zero attached hydrogens (tertiary/aromatic N) is 1. The quantitative estimate of drug-likeness (QED) is 0.838. The molecule has 3 nitrogen and oxygen atoms in total. The summed E-state index contributed by atoms with van der Waals surface area (Å²) in [7, 11) is 0. The lowest BCUT2D eigenvalue weighted by Crippen LogP contribution is -2.33. The SMILES string of the molecule is N#CC1(C[C@@H](O)COCc2ccccc2)CCC1. The summed E-state index contributed by atoms with van der Waals surface area (Å²) in [5.41, 5.74) is 0.818. The summed E-state index contributed by atoms with van der Waals surface area (Å²) >= 11 is 0. The molecule has 0 spiro atoms. The normalized spacial score (nSPS) is 18.7. The van der Waals surface area contributed by atoms with Crippen molar-refractivity contribution in [1.29, 1.82) is 5.26 Å². The van der Waals surface area contributed by atoms with Crippen molar-refractivity contribution in [2.45, 2.75) is 38.4 Å². The summed E-state index contributed by atoms with van der Waals surface area (Å²) in [6, 6.07) is 12.2. The maximum atomic E-state index is 9.88. The molecular formula is C15H19NO2. The minimum absolute atomic E-state index is 0.282. The van der Waals surface area contributed by atoms with E-state index >= 15 is 0 Å². The van der Waals surface area contributed by atoms with Gasteiger partial charge in [-0.05, 0) is 24.8 Å². The number of aliphatic hydroxyl groups is 1. The third-order valence-corrected chi connectivity index (χ3v) is 3.60. The van der Waals surface area contributed by atoms with Crippen LogP contribution in [0.2, 0.25) is 0 Å². The van der Waals surface area contributed by atoms with Crippen LogP contribution >= 0.6 is 0 Å². The van der Waals surface area contributed by atoms with Crippen LogP contribution in [-0.4, -0.2) is 17.8 Å². The van der Waals surface area contributed by atoms with Crippen LogP contribution < -0.4 is 0 Å². The van der Waals surface area contributed by atoms with Gasteiger partial charge in [0.2, 0.25) is 0 Å². The van der Waals surface area contributed by atoms with Crippen LogP contribution in [0.4, 0.5) is 0 Å². The van der Waals surface area contributed by atoms with E-state index in [-0.39, 0.29) is 5.41 Å². The van der Waals surface area contributed by atoms with E-state index in [0.29, 0.717) is 19.6 Å². The predicted octanol–water partition coefficient (Wildman–Crippen LogP) is 2.65. The summed E-state index contributed by atoms with van der Waals surface area (Å²) in [4.78, 5) is 0. The smallest absolute Gasteiger partial charge is 0.0789 e. The van der Waals surface area contributed by atoms with Crippen LogP contribution in [0.5, 0.6) is 0 Å². The van der Waals surface area contributed by atoms with Crippen molar-refractivity contribution in [3.63, 3.8) is 0 Å². The third-order valence-electron chi connectivity index (χ3n) is 3.60. The van der Waals surface area contributed by atoms with Crippen LogP contribution in [0, 0.1) is 16.7 Å². The Balaban J connectivity index is 1.69. The second kappa shape index (κ2) is 5.99. The summed E-state index contributed by atoms with van der Waals surface area (Å²) in [5.74, 6) is 0. The van der Waals surface area contributed by atoms with E-state index in [1.807, 2.05) is 30.3 Å². The average molecular weight is 245 g/mol. The molecule has 1 aliphatic carbocycles. The molecule has 0 aliphatic heterocycles. The van der Waals surface area contributed by atoms with Gasteiger partial charge in [0, 0.05) is 0 Å². The van der Waals surface area contributed by atoms with Gasteiger partial charge in [0.15, 0.2) is 0 Å². The van der Waals surface area contributed by atoms with Crippen molar-refractivity contribution in [3.05, 3.63) is 35.9 Å². The number of hydrogen-bond acceptors (Lipinski definition) is 3. The molecule has 0 saturated heterocycles. The second-order valence-corrected chi connectivity index (χ2v) is 5.10. The van der Waals surface area contributed by atoms with E-state index in [2.05, 4.69) is 6.07 Å². The molecule has 0 aromatic heterocycles. The molecule has 1 atom stereocenters. The van der Waals surface area contributed by atoms with Gasteiger partial charge in [-0.25, -0.2) is 0 Å². The Kier molecular flexibility index (Phi) is 4.35. The van der Waals surface area contributed by atoms with Crippen LogP contribution in [0.3, 0.4) is 0 Å². The highest BCUT2D eigenvalue weighted by Crippen LogP contribution is 2.44. The maximum absolute atomic E-state index is 9.88. The number of hydrogen-bond donors (Lipinski definition) is 1. The minimum atomic E-state index is -0.534.